The summed E-state index contributed by atoms with van der Waals surface area (Å²) in [7, 11) is 0. The number of carbonyl (C=O) groups is 1. The molecule has 3 nitrogen and oxygen atoms in total. The van der Waals surface area contributed by atoms with Gasteiger partial charge in [-0.3, -0.25) is 9.69 Å². The molecule has 0 bridgehead atoms. The van der Waals surface area contributed by atoms with Crippen LogP contribution in [0.4, 0.5) is 0 Å². The van der Waals surface area contributed by atoms with Gasteiger partial charge in [0.1, 0.15) is 6.61 Å². The van der Waals surface area contributed by atoms with Gasteiger partial charge in [-0.15, -0.1) is 0 Å². The molecule has 0 saturated carbocycles. The minimum atomic E-state index is -0.200. The van der Waals surface area contributed by atoms with E-state index in [-0.39, 0.29) is 24.7 Å². The lowest BCUT2D eigenvalue weighted by Gasteiger charge is -2.35. The molecular weight excluding hydrogens is 406 g/mol. The first kappa shape index (κ1) is 24.2. The van der Waals surface area contributed by atoms with Gasteiger partial charge in [0.2, 0.25) is 0 Å². The Kier molecular flexibility index (Phi) is 9.68. The summed E-state index contributed by atoms with van der Waals surface area (Å²) >= 11 is 0. The van der Waals surface area contributed by atoms with Crippen molar-refractivity contribution in [3.05, 3.63) is 126 Å². The van der Waals surface area contributed by atoms with E-state index in [1.165, 1.54) is 11.1 Å². The predicted molar refractivity (Wildman–Crippen MR) is 136 cm³/mol. The molecule has 0 saturated heterocycles. The lowest BCUT2D eigenvalue weighted by Crippen LogP contribution is -2.37. The number of esters is 1. The Balaban J connectivity index is 1.70. The summed E-state index contributed by atoms with van der Waals surface area (Å²) in [5, 5.41) is 0. The van der Waals surface area contributed by atoms with E-state index in [9.17, 15) is 4.79 Å². The van der Waals surface area contributed by atoms with Crippen LogP contribution in [0.2, 0.25) is 0 Å². The second-order valence-electron chi connectivity index (χ2n) is 8.04. The van der Waals surface area contributed by atoms with Crippen molar-refractivity contribution in [3.63, 3.8) is 0 Å². The number of nitrogens with zero attached hydrogens (tertiary/aromatic N) is 1. The molecule has 0 heterocycles. The largest absolute Gasteiger partial charge is 0.461 e. The zero-order valence-electron chi connectivity index (χ0n) is 19.5. The molecular formula is C30H33NO2. The van der Waals surface area contributed by atoms with Gasteiger partial charge in [-0.25, -0.2) is 0 Å². The molecule has 0 fully saturated rings. The summed E-state index contributed by atoms with van der Waals surface area (Å²) in [5.74, 6) is -0.200. The van der Waals surface area contributed by atoms with Gasteiger partial charge in [0.05, 0.1) is 6.42 Å². The van der Waals surface area contributed by atoms with Crippen LogP contribution in [0, 0.1) is 0 Å². The van der Waals surface area contributed by atoms with Crippen molar-refractivity contribution in [2.45, 2.75) is 38.9 Å². The maximum absolute atomic E-state index is 12.7. The molecule has 0 unspecified atom stereocenters. The fraction of sp³-hybridized carbons (Fsp3) is 0.233. The van der Waals surface area contributed by atoms with Crippen molar-refractivity contribution in [3.8, 4) is 0 Å². The highest BCUT2D eigenvalue weighted by Gasteiger charge is 2.25. The fourth-order valence-corrected chi connectivity index (χ4v) is 3.90. The molecule has 0 aliphatic heterocycles. The Morgan fingerprint density at radius 3 is 2.15 bits per heavy atom. The van der Waals surface area contributed by atoms with Crippen LogP contribution in [-0.4, -0.2) is 23.5 Å². The summed E-state index contributed by atoms with van der Waals surface area (Å²) in [6.07, 6.45) is 8.27. The molecule has 0 aromatic heterocycles. The molecule has 170 valence electrons. The molecule has 0 aliphatic rings. The maximum Gasteiger partial charge on any atom is 0.308 e. The van der Waals surface area contributed by atoms with Gasteiger partial charge < -0.3 is 4.74 Å². The Morgan fingerprint density at radius 2 is 1.52 bits per heavy atom. The van der Waals surface area contributed by atoms with E-state index in [0.29, 0.717) is 6.42 Å². The summed E-state index contributed by atoms with van der Waals surface area (Å²) in [5.41, 5.74) is 3.53. The van der Waals surface area contributed by atoms with Crippen molar-refractivity contribution in [1.29, 1.82) is 0 Å². The van der Waals surface area contributed by atoms with Gasteiger partial charge in [0, 0.05) is 18.6 Å². The molecule has 3 aromatic carbocycles. The van der Waals surface area contributed by atoms with E-state index in [4.69, 9.17) is 4.74 Å². The third kappa shape index (κ3) is 7.89. The van der Waals surface area contributed by atoms with Gasteiger partial charge in [-0.05, 0) is 36.6 Å². The molecule has 33 heavy (non-hydrogen) atoms. The van der Waals surface area contributed by atoms with Gasteiger partial charge in [-0.1, -0.05) is 109 Å². The molecule has 3 rings (SSSR count). The Labute approximate surface area is 198 Å². The average Bonchev–Trinajstić information content (AvgIpc) is 2.86. The van der Waals surface area contributed by atoms with Crippen LogP contribution in [-0.2, 0) is 16.1 Å². The first-order chi connectivity index (χ1) is 16.2. The van der Waals surface area contributed by atoms with Gasteiger partial charge >= 0.3 is 5.97 Å². The standard InChI is InChI=1S/C30H33NO2/c1-3-14-29(23-30(32)33-22-13-19-26-15-7-4-8-16-26)31(24-27-17-9-5-10-18-27)25(2)28-20-11-6-12-21-28/h3-21,25,29H,22-24H2,1-2H3/b14-3+,19-13-/t25-,29-/m0/s1. The number of benzene rings is 3. The second kappa shape index (κ2) is 13.2. The quantitative estimate of drug-likeness (QED) is 0.242. The van der Waals surface area contributed by atoms with Crippen LogP contribution >= 0.6 is 0 Å². The predicted octanol–water partition coefficient (Wildman–Crippen LogP) is 6.84. The summed E-state index contributed by atoms with van der Waals surface area (Å²) in [4.78, 5) is 15.1. The van der Waals surface area contributed by atoms with E-state index >= 15 is 0 Å². The highest BCUT2D eigenvalue weighted by Crippen LogP contribution is 2.27. The summed E-state index contributed by atoms with van der Waals surface area (Å²) in [6.45, 7) is 5.20. The van der Waals surface area contributed by atoms with Crippen LogP contribution in [0.3, 0.4) is 0 Å². The summed E-state index contributed by atoms with van der Waals surface area (Å²) in [6, 6.07) is 30.9. The molecule has 0 N–H and O–H groups in total. The first-order valence-corrected chi connectivity index (χ1v) is 11.5. The molecule has 0 amide bonds. The topological polar surface area (TPSA) is 29.5 Å². The lowest BCUT2D eigenvalue weighted by atomic mass is 10.0. The van der Waals surface area contributed by atoms with E-state index in [0.717, 1.165) is 12.1 Å². The SMILES string of the molecule is C/C=C/[C@@H](CC(=O)OC/C=C\c1ccccc1)N(Cc1ccccc1)[C@@H](C)c1ccccc1. The third-order valence-electron chi connectivity index (χ3n) is 5.65. The Bertz CT molecular complexity index is 1010. The van der Waals surface area contributed by atoms with E-state index in [1.807, 2.05) is 67.6 Å². The van der Waals surface area contributed by atoms with Crippen molar-refractivity contribution >= 4 is 12.0 Å². The van der Waals surface area contributed by atoms with Crippen molar-refractivity contribution in [2.75, 3.05) is 6.61 Å². The molecule has 3 heteroatoms. The van der Waals surface area contributed by atoms with Crippen LogP contribution in [0.25, 0.3) is 6.08 Å². The minimum Gasteiger partial charge on any atom is -0.461 e. The normalized spacial score (nSPS) is 13.4. The van der Waals surface area contributed by atoms with Gasteiger partial charge in [0.25, 0.3) is 0 Å². The smallest absolute Gasteiger partial charge is 0.308 e. The van der Waals surface area contributed by atoms with E-state index in [1.54, 1.807) is 0 Å². The molecule has 3 aromatic rings. The van der Waals surface area contributed by atoms with Crippen molar-refractivity contribution < 1.29 is 9.53 Å². The molecule has 0 radical (unpaired) electrons. The third-order valence-corrected chi connectivity index (χ3v) is 5.65. The highest BCUT2D eigenvalue weighted by molar-refractivity contribution is 5.70. The van der Waals surface area contributed by atoms with Crippen molar-refractivity contribution in [1.82, 2.24) is 4.90 Å². The van der Waals surface area contributed by atoms with Crippen molar-refractivity contribution in [2.24, 2.45) is 0 Å². The average molecular weight is 440 g/mol. The molecule has 0 aliphatic carbocycles. The zero-order chi connectivity index (χ0) is 23.3. The van der Waals surface area contributed by atoms with Crippen LogP contribution in [0.15, 0.2) is 109 Å². The number of hydrogen-bond donors (Lipinski definition) is 0. The highest BCUT2D eigenvalue weighted by atomic mass is 16.5. The first-order valence-electron chi connectivity index (χ1n) is 11.5. The zero-order valence-corrected chi connectivity index (χ0v) is 19.5. The summed E-state index contributed by atoms with van der Waals surface area (Å²) < 4.78 is 5.54. The van der Waals surface area contributed by atoms with Crippen LogP contribution in [0.1, 0.15) is 43.0 Å². The number of hydrogen-bond acceptors (Lipinski definition) is 3. The van der Waals surface area contributed by atoms with Crippen LogP contribution in [0.5, 0.6) is 0 Å². The molecule has 2 atom stereocenters. The van der Waals surface area contributed by atoms with Gasteiger partial charge in [-0.2, -0.15) is 0 Å². The van der Waals surface area contributed by atoms with Gasteiger partial charge in [0.15, 0.2) is 0 Å². The molecule has 0 spiro atoms. The maximum atomic E-state index is 12.7. The number of allylic oxidation sites excluding steroid dienone is 1. The lowest BCUT2D eigenvalue weighted by molar-refractivity contribution is -0.143. The second-order valence-corrected chi connectivity index (χ2v) is 8.04. The number of ether oxygens (including phenoxy) is 1. The Morgan fingerprint density at radius 1 is 0.909 bits per heavy atom. The Hall–Kier alpha value is -3.43. The minimum absolute atomic E-state index is 0.0731. The monoisotopic (exact) mass is 439 g/mol. The van der Waals surface area contributed by atoms with Crippen LogP contribution < -0.4 is 0 Å². The number of rotatable bonds is 11. The fourth-order valence-electron chi connectivity index (χ4n) is 3.90. The van der Waals surface area contributed by atoms with E-state index in [2.05, 4.69) is 66.4 Å². The van der Waals surface area contributed by atoms with E-state index < -0.39 is 0 Å². The number of carbonyl (C=O) groups excluding carboxylic acids is 1.